The van der Waals surface area contributed by atoms with Crippen molar-refractivity contribution in [1.29, 1.82) is 0 Å². The Hall–Kier alpha value is -4.00. The average molecular weight is 698 g/mol. The summed E-state index contributed by atoms with van der Waals surface area (Å²) in [7, 11) is 3.84. The monoisotopic (exact) mass is 697 g/mol. The fourth-order valence-corrected chi connectivity index (χ4v) is 7.24. The number of halogens is 1. The van der Waals surface area contributed by atoms with Crippen LogP contribution in [0.3, 0.4) is 0 Å². The van der Waals surface area contributed by atoms with Crippen molar-refractivity contribution in [2.24, 2.45) is 11.3 Å². The minimum Gasteiger partial charge on any atom is -0.444 e. The van der Waals surface area contributed by atoms with Gasteiger partial charge in [0.25, 0.3) is 0 Å². The molecule has 1 aliphatic carbocycles. The van der Waals surface area contributed by atoms with E-state index < -0.39 is 53.1 Å². The van der Waals surface area contributed by atoms with Crippen LogP contribution < -0.4 is 10.6 Å². The summed E-state index contributed by atoms with van der Waals surface area (Å²) in [6.07, 6.45) is 5.86. The lowest BCUT2D eigenvalue weighted by atomic mass is 9.91. The summed E-state index contributed by atoms with van der Waals surface area (Å²) in [4.78, 5) is 73.2. The first-order chi connectivity index (χ1) is 23.7. The standard InChI is InChI=1S/C37H52FN5O7/c1-36(2,3)50-34(47)40-29-15-10-8-6-7-9-13-25-19-37(25,33(46)39-16-17-41(4)5)20-31(44)30-18-26(22-43(30)32(29)45)49-35(48)42-21-24-12-11-14-28(38)27(24)23-42/h9,11-14,25-26,29-30H,6-8,10,15-23H2,1-5H3,(H,39,46)(H,40,47)/b13-9-/t25-,26-,29+,30+,37-/m1/s1. The quantitative estimate of drug-likeness (QED) is 0.420. The van der Waals surface area contributed by atoms with Gasteiger partial charge in [0.05, 0.1) is 24.5 Å². The topological polar surface area (TPSA) is 138 Å². The maximum atomic E-state index is 14.4. The number of Topliss-reactive ketones (excluding diaryl/α,β-unsaturated/α-hetero) is 1. The largest absolute Gasteiger partial charge is 0.444 e. The number of carbonyl (C=O) groups is 5. The zero-order chi connectivity index (χ0) is 36.2. The van der Waals surface area contributed by atoms with Crippen molar-refractivity contribution in [2.75, 3.05) is 33.7 Å². The van der Waals surface area contributed by atoms with Gasteiger partial charge in [-0.15, -0.1) is 0 Å². The highest BCUT2D eigenvalue weighted by molar-refractivity contribution is 5.97. The number of amides is 4. The highest BCUT2D eigenvalue weighted by Crippen LogP contribution is 2.57. The van der Waals surface area contributed by atoms with Crippen molar-refractivity contribution < 1.29 is 37.8 Å². The highest BCUT2D eigenvalue weighted by atomic mass is 19.1. The van der Waals surface area contributed by atoms with E-state index in [2.05, 4.69) is 16.7 Å². The predicted molar refractivity (Wildman–Crippen MR) is 183 cm³/mol. The number of carbonyl (C=O) groups excluding carboxylic acids is 5. The number of hydrogen-bond acceptors (Lipinski definition) is 8. The molecule has 4 amide bonds. The second-order valence-electron chi connectivity index (χ2n) is 15.4. The summed E-state index contributed by atoms with van der Waals surface area (Å²) in [6.45, 7) is 6.47. The van der Waals surface area contributed by atoms with Gasteiger partial charge in [-0.2, -0.15) is 0 Å². The number of ketones is 1. The molecule has 1 saturated carbocycles. The van der Waals surface area contributed by atoms with E-state index in [4.69, 9.17) is 9.47 Å². The van der Waals surface area contributed by atoms with Crippen molar-refractivity contribution in [1.82, 2.24) is 25.3 Å². The molecule has 5 atom stereocenters. The fraction of sp³-hybridized carbons (Fsp3) is 0.649. The Morgan fingerprint density at radius 1 is 1.10 bits per heavy atom. The maximum absolute atomic E-state index is 14.4. The molecule has 0 bridgehead atoms. The third-order valence-corrected chi connectivity index (χ3v) is 10.0. The van der Waals surface area contributed by atoms with Crippen LogP contribution in [0.4, 0.5) is 14.0 Å². The van der Waals surface area contributed by atoms with Crippen LogP contribution in [-0.4, -0.2) is 102 Å². The van der Waals surface area contributed by atoms with Crippen molar-refractivity contribution in [3.05, 3.63) is 47.3 Å². The number of fused-ring (bicyclic) bond motifs is 3. The van der Waals surface area contributed by atoms with Crippen LogP contribution >= 0.6 is 0 Å². The molecule has 1 aromatic rings. The zero-order valence-electron chi connectivity index (χ0n) is 30.0. The van der Waals surface area contributed by atoms with Crippen LogP contribution in [0.2, 0.25) is 0 Å². The van der Waals surface area contributed by atoms with E-state index in [0.717, 1.165) is 19.3 Å². The van der Waals surface area contributed by atoms with E-state index in [9.17, 15) is 28.4 Å². The Balaban J connectivity index is 1.38. The fourth-order valence-electron chi connectivity index (χ4n) is 7.24. The molecule has 3 heterocycles. The van der Waals surface area contributed by atoms with E-state index >= 15 is 0 Å². The number of ether oxygens (including phenoxy) is 2. The zero-order valence-corrected chi connectivity index (χ0v) is 30.0. The second-order valence-corrected chi connectivity index (χ2v) is 15.4. The van der Waals surface area contributed by atoms with Crippen molar-refractivity contribution in [3.63, 3.8) is 0 Å². The molecule has 13 heteroatoms. The first-order valence-corrected chi connectivity index (χ1v) is 17.8. The molecule has 0 aromatic heterocycles. The number of likely N-dealkylation sites (N-methyl/N-ethyl adjacent to an activating group) is 1. The highest BCUT2D eigenvalue weighted by Gasteiger charge is 2.60. The molecule has 5 rings (SSSR count). The number of hydrogen-bond donors (Lipinski definition) is 2. The molecule has 12 nitrogen and oxygen atoms in total. The van der Waals surface area contributed by atoms with Gasteiger partial charge >= 0.3 is 12.2 Å². The lowest BCUT2D eigenvalue weighted by Crippen LogP contribution is -2.53. The summed E-state index contributed by atoms with van der Waals surface area (Å²) in [5.74, 6) is -1.44. The minimum atomic E-state index is -0.974. The summed E-state index contributed by atoms with van der Waals surface area (Å²) in [6, 6.07) is 2.77. The number of nitrogens with zero attached hydrogens (tertiary/aromatic N) is 3. The maximum Gasteiger partial charge on any atom is 0.410 e. The normalized spacial score (nSPS) is 27.7. The Labute approximate surface area is 294 Å². The number of benzene rings is 1. The van der Waals surface area contributed by atoms with E-state index in [1.54, 1.807) is 32.9 Å². The summed E-state index contributed by atoms with van der Waals surface area (Å²) < 4.78 is 25.8. The molecule has 2 fully saturated rings. The summed E-state index contributed by atoms with van der Waals surface area (Å²) >= 11 is 0. The Morgan fingerprint density at radius 3 is 2.60 bits per heavy atom. The van der Waals surface area contributed by atoms with E-state index in [1.807, 2.05) is 25.1 Å². The molecule has 1 aromatic carbocycles. The molecule has 3 aliphatic heterocycles. The summed E-state index contributed by atoms with van der Waals surface area (Å²) in [5, 5.41) is 5.75. The van der Waals surface area contributed by atoms with Gasteiger partial charge in [-0.05, 0) is 78.1 Å². The third kappa shape index (κ3) is 9.01. The van der Waals surface area contributed by atoms with Crippen LogP contribution in [0.1, 0.15) is 83.3 Å². The molecule has 274 valence electrons. The first kappa shape index (κ1) is 37.3. The van der Waals surface area contributed by atoms with E-state index in [1.165, 1.54) is 15.9 Å². The van der Waals surface area contributed by atoms with Gasteiger partial charge in [0.2, 0.25) is 11.8 Å². The first-order valence-electron chi connectivity index (χ1n) is 17.8. The van der Waals surface area contributed by atoms with E-state index in [-0.39, 0.29) is 50.1 Å². The minimum absolute atomic E-state index is 0.0451. The van der Waals surface area contributed by atoms with Crippen molar-refractivity contribution in [3.8, 4) is 0 Å². The third-order valence-electron chi connectivity index (χ3n) is 10.0. The predicted octanol–water partition coefficient (Wildman–Crippen LogP) is 4.30. The second kappa shape index (κ2) is 15.5. The number of nitrogens with one attached hydrogen (secondary N) is 2. The molecule has 0 unspecified atom stereocenters. The Kier molecular flexibility index (Phi) is 11.5. The van der Waals surface area contributed by atoms with Crippen molar-refractivity contribution >= 4 is 29.8 Å². The van der Waals surface area contributed by atoms with Crippen LogP contribution in [-0.2, 0) is 36.9 Å². The van der Waals surface area contributed by atoms with Gasteiger partial charge in [0, 0.05) is 38.0 Å². The van der Waals surface area contributed by atoms with Crippen LogP contribution in [0.25, 0.3) is 0 Å². The molecule has 1 saturated heterocycles. The summed E-state index contributed by atoms with van der Waals surface area (Å²) in [5.41, 5.74) is -0.578. The smallest absolute Gasteiger partial charge is 0.410 e. The van der Waals surface area contributed by atoms with Crippen molar-refractivity contribution in [2.45, 2.75) is 109 Å². The van der Waals surface area contributed by atoms with Crippen LogP contribution in [0.15, 0.2) is 30.4 Å². The van der Waals surface area contributed by atoms with Gasteiger partial charge in [0.1, 0.15) is 23.6 Å². The van der Waals surface area contributed by atoms with Crippen LogP contribution in [0.5, 0.6) is 0 Å². The van der Waals surface area contributed by atoms with E-state index in [0.29, 0.717) is 43.5 Å². The molecule has 0 spiro atoms. The lowest BCUT2D eigenvalue weighted by Gasteiger charge is -2.30. The van der Waals surface area contributed by atoms with Gasteiger partial charge < -0.3 is 29.9 Å². The Bertz CT molecular complexity index is 1490. The van der Waals surface area contributed by atoms with Gasteiger partial charge in [-0.25, -0.2) is 14.0 Å². The van der Waals surface area contributed by atoms with Crippen LogP contribution in [0, 0.1) is 17.2 Å². The number of rotatable bonds is 6. The van der Waals surface area contributed by atoms with Gasteiger partial charge in [-0.3, -0.25) is 19.3 Å². The molecular weight excluding hydrogens is 645 g/mol. The molecule has 50 heavy (non-hydrogen) atoms. The average Bonchev–Trinajstić information content (AvgIpc) is 3.33. The molecule has 0 radical (unpaired) electrons. The number of allylic oxidation sites excluding steroid dienone is 2. The number of alkyl carbamates (subject to hydrolysis) is 1. The Morgan fingerprint density at radius 2 is 1.88 bits per heavy atom. The van der Waals surface area contributed by atoms with Gasteiger partial charge in [0.15, 0.2) is 5.78 Å². The molecule has 2 N–H and O–H groups in total. The molecular formula is C37H52FN5O7. The molecule has 4 aliphatic rings. The lowest BCUT2D eigenvalue weighted by molar-refractivity contribution is -0.140. The SMILES string of the molecule is CN(C)CCNC(=O)[C@]12CC(=O)[C@@H]3C[C@@H](OC(=O)N4Cc5cccc(F)c5C4)CN3C(=O)[C@@H](NC(=O)OC(C)(C)C)CCCCC/C=C\[C@@H]1C2. The van der Waals surface area contributed by atoms with Gasteiger partial charge in [-0.1, -0.05) is 37.1 Å².